The highest BCUT2D eigenvalue weighted by Gasteiger charge is 2.48. The molecule has 5 aromatic rings. The predicted octanol–water partition coefficient (Wildman–Crippen LogP) is 7.05. The first-order chi connectivity index (χ1) is 25.8. The van der Waals surface area contributed by atoms with Crippen LogP contribution in [0.25, 0.3) is 11.0 Å². The zero-order valence-corrected chi connectivity index (χ0v) is 31.0. The summed E-state index contributed by atoms with van der Waals surface area (Å²) in [6, 6.07) is 25.5. The van der Waals surface area contributed by atoms with Gasteiger partial charge in [0, 0.05) is 19.0 Å². The summed E-state index contributed by atoms with van der Waals surface area (Å²) in [6.45, 7) is 5.62. The lowest BCUT2D eigenvalue weighted by molar-refractivity contribution is -0.133. The molecule has 2 atom stereocenters. The van der Waals surface area contributed by atoms with Crippen molar-refractivity contribution >= 4 is 22.7 Å². The summed E-state index contributed by atoms with van der Waals surface area (Å²) in [5, 5.41) is 0. The number of carbonyl (C=O) groups is 2. The number of nitrogens with zero attached hydrogens (tertiary/aromatic N) is 4. The minimum absolute atomic E-state index is 0.0449. The Kier molecular flexibility index (Phi) is 10.8. The van der Waals surface area contributed by atoms with Crippen LogP contribution in [-0.4, -0.2) is 78.5 Å². The highest BCUT2D eigenvalue weighted by molar-refractivity contribution is 5.98. The van der Waals surface area contributed by atoms with Crippen LogP contribution in [0.3, 0.4) is 0 Å². The molecule has 0 radical (unpaired) electrons. The van der Waals surface area contributed by atoms with Gasteiger partial charge < -0.3 is 33.2 Å². The molecule has 0 N–H and O–H groups in total. The first kappa shape index (κ1) is 36.2. The number of amides is 1. The second-order valence-electron chi connectivity index (χ2n) is 14.0. The Morgan fingerprint density at radius 3 is 2.32 bits per heavy atom. The SMILES string of the molecule is COc1cc(CN2CCC(CCN3CCC(C(=O)c4nc5ccccc5n4C(C)OCc4ccco4)CC3)(c3ccccc3)C2=O)cc(OC)c1OC. The Morgan fingerprint density at radius 2 is 1.64 bits per heavy atom. The van der Waals surface area contributed by atoms with Crippen molar-refractivity contribution in [3.8, 4) is 17.2 Å². The van der Waals surface area contributed by atoms with Crippen molar-refractivity contribution in [3.63, 3.8) is 0 Å². The number of benzene rings is 3. The quantitative estimate of drug-likeness (QED) is 0.105. The van der Waals surface area contributed by atoms with E-state index in [4.69, 9.17) is 28.3 Å². The maximum atomic E-state index is 14.5. The van der Waals surface area contributed by atoms with Crippen LogP contribution < -0.4 is 14.2 Å². The molecule has 2 saturated heterocycles. The van der Waals surface area contributed by atoms with Gasteiger partial charge in [-0.1, -0.05) is 42.5 Å². The molecule has 2 fully saturated rings. The highest BCUT2D eigenvalue weighted by Crippen LogP contribution is 2.42. The minimum Gasteiger partial charge on any atom is -0.493 e. The van der Waals surface area contributed by atoms with Gasteiger partial charge in [-0.15, -0.1) is 0 Å². The van der Waals surface area contributed by atoms with E-state index in [1.54, 1.807) is 27.6 Å². The minimum atomic E-state index is -0.634. The number of aromatic nitrogens is 2. The fraction of sp³-hybridized carbons (Fsp3) is 0.405. The molecular formula is C42H48N4O7. The molecule has 11 nitrogen and oxygen atoms in total. The van der Waals surface area contributed by atoms with E-state index in [2.05, 4.69) is 17.0 Å². The van der Waals surface area contributed by atoms with Gasteiger partial charge in [-0.05, 0) is 99.8 Å². The molecule has 2 aromatic heterocycles. The number of imidazole rings is 1. The van der Waals surface area contributed by atoms with Crippen LogP contribution >= 0.6 is 0 Å². The average molecular weight is 721 g/mol. The van der Waals surface area contributed by atoms with Gasteiger partial charge in [-0.2, -0.15) is 0 Å². The van der Waals surface area contributed by atoms with Gasteiger partial charge in [0.1, 0.15) is 18.6 Å². The van der Waals surface area contributed by atoms with Gasteiger partial charge in [0.25, 0.3) is 0 Å². The van der Waals surface area contributed by atoms with Gasteiger partial charge in [-0.3, -0.25) is 14.2 Å². The number of furan rings is 1. The molecule has 53 heavy (non-hydrogen) atoms. The summed E-state index contributed by atoms with van der Waals surface area (Å²) < 4.78 is 30.2. The number of hydrogen-bond acceptors (Lipinski definition) is 9. The summed E-state index contributed by atoms with van der Waals surface area (Å²) in [5.41, 5.74) is 2.96. The number of methoxy groups -OCH3 is 3. The molecule has 2 aliphatic rings. The largest absolute Gasteiger partial charge is 0.493 e. The molecule has 0 bridgehead atoms. The second kappa shape index (κ2) is 15.9. The third-order valence-corrected chi connectivity index (χ3v) is 11.0. The summed E-state index contributed by atoms with van der Waals surface area (Å²) in [6.07, 6.45) is 4.08. The fourth-order valence-electron chi connectivity index (χ4n) is 8.04. The summed E-state index contributed by atoms with van der Waals surface area (Å²) in [4.78, 5) is 37.8. The number of carbonyl (C=O) groups excluding carboxylic acids is 2. The lowest BCUT2D eigenvalue weighted by Crippen LogP contribution is -2.43. The predicted molar refractivity (Wildman–Crippen MR) is 200 cm³/mol. The Hall–Kier alpha value is -5.13. The molecule has 7 rings (SSSR count). The number of likely N-dealkylation sites (tertiary alicyclic amines) is 2. The van der Waals surface area contributed by atoms with Crippen molar-refractivity contribution < 1.29 is 33.0 Å². The number of rotatable bonds is 15. The molecule has 0 saturated carbocycles. The van der Waals surface area contributed by atoms with Crippen LogP contribution in [0.5, 0.6) is 17.2 Å². The van der Waals surface area contributed by atoms with E-state index in [0.717, 1.165) is 66.8 Å². The van der Waals surface area contributed by atoms with Crippen molar-refractivity contribution in [2.24, 2.45) is 5.92 Å². The summed E-state index contributed by atoms with van der Waals surface area (Å²) in [5.74, 6) is 2.84. The van der Waals surface area contributed by atoms with Crippen LogP contribution in [0.4, 0.5) is 0 Å². The molecule has 3 aromatic carbocycles. The number of para-hydroxylation sites is 2. The molecule has 2 aliphatic heterocycles. The van der Waals surface area contributed by atoms with Gasteiger partial charge >= 0.3 is 0 Å². The molecule has 1 amide bonds. The van der Waals surface area contributed by atoms with Gasteiger partial charge in [-0.25, -0.2) is 4.98 Å². The molecular weight excluding hydrogens is 672 g/mol. The summed E-state index contributed by atoms with van der Waals surface area (Å²) in [7, 11) is 4.77. The number of hydrogen-bond donors (Lipinski definition) is 0. The third kappa shape index (κ3) is 7.28. The molecule has 2 unspecified atom stereocenters. The van der Waals surface area contributed by atoms with Gasteiger partial charge in [0.15, 0.2) is 17.3 Å². The molecule has 0 spiro atoms. The Labute approximate surface area is 310 Å². The van der Waals surface area contributed by atoms with E-state index in [1.807, 2.05) is 83.1 Å². The van der Waals surface area contributed by atoms with Gasteiger partial charge in [0.2, 0.25) is 17.4 Å². The van der Waals surface area contributed by atoms with Crippen LogP contribution in [0.2, 0.25) is 0 Å². The third-order valence-electron chi connectivity index (χ3n) is 11.0. The van der Waals surface area contributed by atoms with Gasteiger partial charge in [0.05, 0.1) is 44.0 Å². The van der Waals surface area contributed by atoms with E-state index in [0.29, 0.717) is 49.2 Å². The number of fused-ring (bicyclic) bond motifs is 1. The zero-order valence-electron chi connectivity index (χ0n) is 31.0. The Morgan fingerprint density at radius 1 is 0.925 bits per heavy atom. The number of piperidine rings is 1. The monoisotopic (exact) mass is 720 g/mol. The Bertz CT molecular complexity index is 1990. The average Bonchev–Trinajstić information content (AvgIpc) is 3.94. The van der Waals surface area contributed by atoms with Crippen LogP contribution in [0.1, 0.15) is 66.3 Å². The van der Waals surface area contributed by atoms with Crippen LogP contribution in [0, 0.1) is 5.92 Å². The number of ether oxygens (including phenoxy) is 4. The Balaban J connectivity index is 1.03. The van der Waals surface area contributed by atoms with E-state index in [-0.39, 0.29) is 17.6 Å². The van der Waals surface area contributed by atoms with Crippen molar-refractivity contribution in [3.05, 3.63) is 108 Å². The van der Waals surface area contributed by atoms with Crippen molar-refractivity contribution in [1.82, 2.24) is 19.4 Å². The molecule has 0 aliphatic carbocycles. The lowest BCUT2D eigenvalue weighted by atomic mass is 9.76. The van der Waals surface area contributed by atoms with Crippen LogP contribution in [0.15, 0.2) is 89.5 Å². The maximum Gasteiger partial charge on any atom is 0.233 e. The standard InChI is InChI=1S/C42H48N4O7/c1-29(53-28-33-13-10-24-52-33)46-35-15-9-8-14-34(35)43-40(46)38(47)31-16-20-44(21-17-31)22-18-42(32-11-6-5-7-12-32)19-23-45(41(42)48)27-30-25-36(49-2)39(51-4)37(26-30)50-3/h5-15,24-26,29,31H,16-23,27-28H2,1-4H3. The highest BCUT2D eigenvalue weighted by atomic mass is 16.5. The first-order valence-electron chi connectivity index (χ1n) is 18.4. The zero-order chi connectivity index (χ0) is 37.0. The van der Waals surface area contributed by atoms with E-state index >= 15 is 0 Å². The molecule has 4 heterocycles. The fourth-order valence-corrected chi connectivity index (χ4v) is 8.04. The van der Waals surface area contributed by atoms with Crippen LogP contribution in [-0.2, 0) is 28.1 Å². The van der Waals surface area contributed by atoms with Crippen molar-refractivity contribution in [2.75, 3.05) is 47.5 Å². The topological polar surface area (TPSA) is 108 Å². The first-order valence-corrected chi connectivity index (χ1v) is 18.4. The van der Waals surface area contributed by atoms with E-state index < -0.39 is 11.6 Å². The number of Topliss-reactive ketones (excluding diaryl/α,β-unsaturated/α-hetero) is 1. The maximum absolute atomic E-state index is 14.5. The van der Waals surface area contributed by atoms with E-state index in [9.17, 15) is 9.59 Å². The second-order valence-corrected chi connectivity index (χ2v) is 14.0. The number of ketones is 1. The molecule has 11 heteroatoms. The summed E-state index contributed by atoms with van der Waals surface area (Å²) >= 11 is 0. The van der Waals surface area contributed by atoms with Crippen molar-refractivity contribution in [2.45, 2.75) is 57.4 Å². The lowest BCUT2D eigenvalue weighted by Gasteiger charge is -2.35. The normalized spacial score (nSPS) is 18.8. The van der Waals surface area contributed by atoms with E-state index in [1.165, 1.54) is 0 Å². The molecule has 278 valence electrons. The smallest absolute Gasteiger partial charge is 0.233 e. The van der Waals surface area contributed by atoms with Crippen molar-refractivity contribution in [1.29, 1.82) is 0 Å².